The highest BCUT2D eigenvalue weighted by atomic mass is 16.5. The predicted octanol–water partition coefficient (Wildman–Crippen LogP) is 4.42. The van der Waals surface area contributed by atoms with E-state index in [1.807, 2.05) is 18.2 Å². The highest BCUT2D eigenvalue weighted by Gasteiger charge is 2.51. The van der Waals surface area contributed by atoms with Crippen LogP contribution in [0.2, 0.25) is 0 Å². The minimum atomic E-state index is -0.458. The summed E-state index contributed by atoms with van der Waals surface area (Å²) in [4.78, 5) is 30.0. The highest BCUT2D eigenvalue weighted by Crippen LogP contribution is 2.61. The number of fused-ring (bicyclic) bond motifs is 1. The lowest BCUT2D eigenvalue weighted by molar-refractivity contribution is -0.124. The number of hydrogen-bond donors (Lipinski definition) is 2. The van der Waals surface area contributed by atoms with Crippen molar-refractivity contribution in [1.82, 2.24) is 14.7 Å². The maximum absolute atomic E-state index is 13.1. The summed E-state index contributed by atoms with van der Waals surface area (Å²) < 4.78 is 7.13. The van der Waals surface area contributed by atoms with Crippen molar-refractivity contribution in [2.24, 2.45) is 23.2 Å². The van der Waals surface area contributed by atoms with Gasteiger partial charge < -0.3 is 15.4 Å². The average Bonchev–Trinajstić information content (AvgIpc) is 3.14. The Balaban J connectivity index is 1.23. The number of amides is 1. The molecule has 4 bridgehead atoms. The number of nitrogens with one attached hydrogen (secondary N) is 2. The second-order valence-electron chi connectivity index (χ2n) is 11.7. The lowest BCUT2D eigenvalue weighted by Gasteiger charge is -2.56. The van der Waals surface area contributed by atoms with Gasteiger partial charge in [-0.1, -0.05) is 6.07 Å². The molecule has 0 saturated heterocycles. The number of ether oxygens (including phenoxy) is 1. The van der Waals surface area contributed by atoms with E-state index in [2.05, 4.69) is 36.4 Å². The Morgan fingerprint density at radius 2 is 1.79 bits per heavy atom. The summed E-state index contributed by atoms with van der Waals surface area (Å²) in [6.45, 7) is 7.05. The molecule has 0 aromatic carbocycles. The molecule has 0 radical (unpaired) electrons. The van der Waals surface area contributed by atoms with Crippen LogP contribution >= 0.6 is 0 Å². The Morgan fingerprint density at radius 1 is 1.12 bits per heavy atom. The fourth-order valence-electron chi connectivity index (χ4n) is 6.89. The van der Waals surface area contributed by atoms with E-state index in [4.69, 9.17) is 4.74 Å². The van der Waals surface area contributed by atoms with E-state index >= 15 is 0 Å². The maximum Gasteiger partial charge on any atom is 0.358 e. The molecule has 0 unspecified atom stereocenters. The van der Waals surface area contributed by atoms with Gasteiger partial charge in [0.2, 0.25) is 5.91 Å². The van der Waals surface area contributed by atoms with E-state index in [9.17, 15) is 9.59 Å². The van der Waals surface area contributed by atoms with E-state index in [1.54, 1.807) is 10.6 Å². The number of anilines is 1. The first-order valence-electron chi connectivity index (χ1n) is 12.4. The zero-order valence-corrected chi connectivity index (χ0v) is 20.0. The normalized spacial score (nSPS) is 28.3. The van der Waals surface area contributed by atoms with E-state index in [1.165, 1.54) is 38.5 Å². The molecule has 0 aliphatic heterocycles. The van der Waals surface area contributed by atoms with Gasteiger partial charge in [0.05, 0.1) is 0 Å². The van der Waals surface area contributed by atoms with Crippen molar-refractivity contribution in [2.45, 2.75) is 71.3 Å². The fourth-order valence-corrected chi connectivity index (χ4v) is 6.89. The van der Waals surface area contributed by atoms with Crippen LogP contribution in [-0.4, -0.2) is 40.0 Å². The molecule has 4 fully saturated rings. The largest absolute Gasteiger partial charge is 0.460 e. The van der Waals surface area contributed by atoms with E-state index in [0.29, 0.717) is 24.4 Å². The van der Waals surface area contributed by atoms with Gasteiger partial charge in [-0.2, -0.15) is 0 Å². The summed E-state index contributed by atoms with van der Waals surface area (Å²) >= 11 is 0. The Kier molecular flexibility index (Phi) is 5.71. The van der Waals surface area contributed by atoms with Gasteiger partial charge in [0.1, 0.15) is 18.1 Å². The third-order valence-corrected chi connectivity index (χ3v) is 7.66. The summed E-state index contributed by atoms with van der Waals surface area (Å²) in [5, 5.41) is 6.39. The van der Waals surface area contributed by atoms with Crippen molar-refractivity contribution < 1.29 is 14.3 Å². The number of hydrogen-bond acceptors (Lipinski definition) is 5. The molecule has 6 rings (SSSR count). The van der Waals surface area contributed by atoms with Crippen molar-refractivity contribution in [3.05, 3.63) is 30.1 Å². The van der Waals surface area contributed by atoms with Crippen LogP contribution in [0, 0.1) is 23.2 Å². The number of aromatic nitrogens is 2. The summed E-state index contributed by atoms with van der Waals surface area (Å²) in [6.07, 6.45) is 10.00. The third-order valence-electron chi connectivity index (χ3n) is 7.66. The van der Waals surface area contributed by atoms with Crippen LogP contribution in [0.3, 0.4) is 0 Å². The van der Waals surface area contributed by atoms with Crippen molar-refractivity contribution in [2.75, 3.05) is 18.5 Å². The molecule has 7 nitrogen and oxygen atoms in total. The highest BCUT2D eigenvalue weighted by molar-refractivity contribution is 5.91. The van der Waals surface area contributed by atoms with Gasteiger partial charge in [0.15, 0.2) is 5.69 Å². The molecule has 0 atom stereocenters. The summed E-state index contributed by atoms with van der Waals surface area (Å²) in [5.74, 6) is 2.73. The van der Waals surface area contributed by atoms with Crippen molar-refractivity contribution in [3.8, 4) is 0 Å². The molecule has 4 aliphatic carbocycles. The molecule has 0 spiro atoms. The van der Waals surface area contributed by atoms with Gasteiger partial charge in [-0.25, -0.2) is 9.78 Å². The van der Waals surface area contributed by atoms with Crippen LogP contribution in [0.1, 0.15) is 76.2 Å². The van der Waals surface area contributed by atoms with Crippen LogP contribution in [0.5, 0.6) is 0 Å². The smallest absolute Gasteiger partial charge is 0.358 e. The van der Waals surface area contributed by atoms with Gasteiger partial charge in [-0.05, 0) is 94.6 Å². The van der Waals surface area contributed by atoms with Crippen LogP contribution in [0.25, 0.3) is 5.65 Å². The second kappa shape index (κ2) is 8.42. The van der Waals surface area contributed by atoms with Crippen LogP contribution < -0.4 is 10.6 Å². The van der Waals surface area contributed by atoms with Gasteiger partial charge in [0.25, 0.3) is 0 Å². The number of rotatable bonds is 7. The van der Waals surface area contributed by atoms with Crippen LogP contribution in [0.15, 0.2) is 24.4 Å². The molecule has 2 aromatic heterocycles. The first-order valence-corrected chi connectivity index (χ1v) is 12.4. The fraction of sp³-hybridized carbons (Fsp3) is 0.654. The third kappa shape index (κ3) is 4.93. The molecule has 2 N–H and O–H groups in total. The van der Waals surface area contributed by atoms with Gasteiger partial charge in [-0.3, -0.25) is 9.20 Å². The maximum atomic E-state index is 13.1. The zero-order valence-electron chi connectivity index (χ0n) is 20.0. The Morgan fingerprint density at radius 3 is 2.42 bits per heavy atom. The first kappa shape index (κ1) is 22.4. The molecule has 2 aromatic rings. The molecule has 33 heavy (non-hydrogen) atoms. The SMILES string of the molecule is CC(C)(C)NCCOC(=O)c1cn2c(NC(=O)CC34CC5CC(CC(C5)C3)C4)cccc2n1. The average molecular weight is 453 g/mol. The van der Waals surface area contributed by atoms with E-state index in [0.717, 1.165) is 17.8 Å². The molecular weight excluding hydrogens is 416 g/mol. The van der Waals surface area contributed by atoms with Crippen molar-refractivity contribution in [1.29, 1.82) is 0 Å². The molecular formula is C26H36N4O3. The van der Waals surface area contributed by atoms with E-state index < -0.39 is 5.97 Å². The first-order chi connectivity index (χ1) is 15.7. The standard InChI is InChI=1S/C26H36N4O3/c1-25(2,3)27-7-8-33-24(32)20-16-30-21(28-20)5-4-6-22(30)29-23(31)15-26-12-17-9-18(13-26)11-19(10-17)14-26/h4-6,16-19,27H,7-15H2,1-3H3,(H,29,31). The van der Waals surface area contributed by atoms with Gasteiger partial charge in [0, 0.05) is 24.7 Å². The summed E-state index contributed by atoms with van der Waals surface area (Å²) in [6, 6.07) is 5.53. The topological polar surface area (TPSA) is 84.7 Å². The molecule has 4 saturated carbocycles. The number of esters is 1. The number of nitrogens with zero attached hydrogens (tertiary/aromatic N) is 2. The van der Waals surface area contributed by atoms with Gasteiger partial charge >= 0.3 is 5.97 Å². The number of carbonyl (C=O) groups excluding carboxylic acids is 2. The minimum Gasteiger partial charge on any atom is -0.460 e. The van der Waals surface area contributed by atoms with Gasteiger partial charge in [-0.15, -0.1) is 0 Å². The van der Waals surface area contributed by atoms with Crippen LogP contribution in [0.4, 0.5) is 5.82 Å². The lowest BCUT2D eigenvalue weighted by Crippen LogP contribution is -2.47. The van der Waals surface area contributed by atoms with Crippen molar-refractivity contribution >= 4 is 23.3 Å². The predicted molar refractivity (Wildman–Crippen MR) is 127 cm³/mol. The molecule has 7 heteroatoms. The van der Waals surface area contributed by atoms with Crippen molar-refractivity contribution in [3.63, 3.8) is 0 Å². The Hall–Kier alpha value is -2.41. The number of imidazole rings is 1. The minimum absolute atomic E-state index is 0.0290. The Labute approximate surface area is 195 Å². The lowest BCUT2D eigenvalue weighted by atomic mass is 9.49. The monoisotopic (exact) mass is 452 g/mol. The quantitative estimate of drug-likeness (QED) is 0.480. The molecule has 2 heterocycles. The molecule has 4 aliphatic rings. The molecule has 178 valence electrons. The zero-order chi connectivity index (χ0) is 23.2. The number of carbonyl (C=O) groups is 2. The van der Waals surface area contributed by atoms with E-state index in [-0.39, 0.29) is 29.2 Å². The Bertz CT molecular complexity index is 1020. The van der Waals surface area contributed by atoms with Crippen LogP contribution in [-0.2, 0) is 9.53 Å². The summed E-state index contributed by atoms with van der Waals surface area (Å²) in [7, 11) is 0. The second-order valence-corrected chi connectivity index (χ2v) is 11.7. The summed E-state index contributed by atoms with van der Waals surface area (Å²) in [5.41, 5.74) is 1.02. The number of pyridine rings is 1. The molecule has 1 amide bonds.